The standard InChI is InChI=1S/C24H20ClN3O4/c1-32-22-10-8-17(12-19(22)25)28-14-27-20-11-16(7-9-18(20)24(28)31)23(30)26-13-21(29)15-5-3-2-4-6-15/h2-12,14,21,29H,13H2,1H3,(H,26,30)/t21-/m0/s1. The maximum atomic E-state index is 13.0. The maximum Gasteiger partial charge on any atom is 0.265 e. The number of aliphatic hydroxyl groups is 1. The first kappa shape index (κ1) is 21.5. The largest absolute Gasteiger partial charge is 0.495 e. The summed E-state index contributed by atoms with van der Waals surface area (Å²) in [5.41, 5.74) is 1.71. The van der Waals surface area contributed by atoms with Gasteiger partial charge in [-0.3, -0.25) is 14.2 Å². The summed E-state index contributed by atoms with van der Waals surface area (Å²) in [6.07, 6.45) is 0.575. The van der Waals surface area contributed by atoms with Crippen molar-refractivity contribution >= 4 is 28.4 Å². The molecule has 0 bridgehead atoms. The molecular weight excluding hydrogens is 430 g/mol. The lowest BCUT2D eigenvalue weighted by atomic mass is 10.1. The number of rotatable bonds is 6. The fraction of sp³-hybridized carbons (Fsp3) is 0.125. The fourth-order valence-electron chi connectivity index (χ4n) is 3.34. The number of methoxy groups -OCH3 is 1. The number of carbonyl (C=O) groups excluding carboxylic acids is 1. The highest BCUT2D eigenvalue weighted by Gasteiger charge is 2.13. The second-order valence-corrected chi connectivity index (χ2v) is 7.51. The molecule has 3 aromatic carbocycles. The third-order valence-electron chi connectivity index (χ3n) is 5.08. The number of hydrogen-bond acceptors (Lipinski definition) is 5. The molecule has 0 aliphatic rings. The predicted octanol–water partition coefficient (Wildman–Crippen LogP) is 3.51. The van der Waals surface area contributed by atoms with Crippen molar-refractivity contribution in [3.8, 4) is 11.4 Å². The van der Waals surface area contributed by atoms with Gasteiger partial charge in [0.05, 0.1) is 34.8 Å². The van der Waals surface area contributed by atoms with E-state index >= 15 is 0 Å². The van der Waals surface area contributed by atoms with Crippen molar-refractivity contribution in [2.24, 2.45) is 0 Å². The van der Waals surface area contributed by atoms with E-state index in [1.165, 1.54) is 18.0 Å². The van der Waals surface area contributed by atoms with E-state index in [1.54, 1.807) is 48.5 Å². The number of hydrogen-bond donors (Lipinski definition) is 2. The van der Waals surface area contributed by atoms with Crippen molar-refractivity contribution in [1.82, 2.24) is 14.9 Å². The van der Waals surface area contributed by atoms with Crippen LogP contribution in [0.3, 0.4) is 0 Å². The number of ether oxygens (including phenoxy) is 1. The minimum absolute atomic E-state index is 0.0636. The van der Waals surface area contributed by atoms with Crippen molar-refractivity contribution in [2.45, 2.75) is 6.10 Å². The van der Waals surface area contributed by atoms with Crippen LogP contribution in [0.4, 0.5) is 0 Å². The van der Waals surface area contributed by atoms with Crippen LogP contribution < -0.4 is 15.6 Å². The summed E-state index contributed by atoms with van der Waals surface area (Å²) < 4.78 is 6.52. The second kappa shape index (κ2) is 9.21. The van der Waals surface area contributed by atoms with Gasteiger partial charge in [-0.05, 0) is 42.0 Å². The van der Waals surface area contributed by atoms with E-state index in [2.05, 4.69) is 10.3 Å². The first-order chi connectivity index (χ1) is 15.5. The van der Waals surface area contributed by atoms with E-state index in [0.717, 1.165) is 0 Å². The number of fused-ring (bicyclic) bond motifs is 1. The third-order valence-corrected chi connectivity index (χ3v) is 5.37. The van der Waals surface area contributed by atoms with E-state index < -0.39 is 6.10 Å². The molecule has 1 amide bonds. The fourth-order valence-corrected chi connectivity index (χ4v) is 3.59. The smallest absolute Gasteiger partial charge is 0.265 e. The number of carbonyl (C=O) groups is 1. The molecular formula is C24H20ClN3O4. The number of aliphatic hydroxyl groups excluding tert-OH is 1. The Morgan fingerprint density at radius 3 is 2.66 bits per heavy atom. The summed E-state index contributed by atoms with van der Waals surface area (Å²) in [5.74, 6) is 0.139. The van der Waals surface area contributed by atoms with Gasteiger partial charge in [-0.15, -0.1) is 0 Å². The summed E-state index contributed by atoms with van der Waals surface area (Å²) in [6.45, 7) is 0.0636. The monoisotopic (exact) mass is 449 g/mol. The quantitative estimate of drug-likeness (QED) is 0.470. The van der Waals surface area contributed by atoms with Crippen LogP contribution in [-0.4, -0.2) is 34.2 Å². The SMILES string of the molecule is COc1ccc(-n2cnc3cc(C(=O)NC[C@H](O)c4ccccc4)ccc3c2=O)cc1Cl. The first-order valence-corrected chi connectivity index (χ1v) is 10.2. The van der Waals surface area contributed by atoms with Gasteiger partial charge >= 0.3 is 0 Å². The molecule has 7 nitrogen and oxygen atoms in total. The van der Waals surface area contributed by atoms with Gasteiger partial charge in [-0.1, -0.05) is 41.9 Å². The van der Waals surface area contributed by atoms with Gasteiger partial charge in [0.25, 0.3) is 11.5 Å². The molecule has 4 rings (SSSR count). The number of halogens is 1. The topological polar surface area (TPSA) is 93.5 Å². The van der Waals surface area contributed by atoms with Crippen molar-refractivity contribution in [1.29, 1.82) is 0 Å². The molecule has 0 fully saturated rings. The Kier molecular flexibility index (Phi) is 6.20. The van der Waals surface area contributed by atoms with E-state index in [1.807, 2.05) is 18.2 Å². The molecule has 0 unspecified atom stereocenters. The highest BCUT2D eigenvalue weighted by atomic mass is 35.5. The molecule has 8 heteroatoms. The van der Waals surface area contributed by atoms with E-state index in [9.17, 15) is 14.7 Å². The Balaban J connectivity index is 1.56. The molecule has 1 atom stereocenters. The molecule has 32 heavy (non-hydrogen) atoms. The minimum atomic E-state index is -0.817. The lowest BCUT2D eigenvalue weighted by Gasteiger charge is -2.12. The Hall–Kier alpha value is -3.68. The first-order valence-electron chi connectivity index (χ1n) is 9.84. The van der Waals surface area contributed by atoms with Gasteiger partial charge < -0.3 is 15.2 Å². The Labute approximate surface area is 188 Å². The molecule has 2 N–H and O–H groups in total. The van der Waals surface area contributed by atoms with Crippen molar-refractivity contribution in [3.05, 3.63) is 99.6 Å². The number of benzene rings is 3. The minimum Gasteiger partial charge on any atom is -0.495 e. The summed E-state index contributed by atoms with van der Waals surface area (Å²) in [6, 6.07) is 18.7. The van der Waals surface area contributed by atoms with Gasteiger partial charge in [0.1, 0.15) is 12.1 Å². The highest BCUT2D eigenvalue weighted by molar-refractivity contribution is 6.32. The van der Waals surface area contributed by atoms with Crippen LogP contribution in [0, 0.1) is 0 Å². The molecule has 1 heterocycles. The zero-order valence-electron chi connectivity index (χ0n) is 17.2. The molecule has 0 saturated heterocycles. The summed E-state index contributed by atoms with van der Waals surface area (Å²) in [4.78, 5) is 29.8. The van der Waals surface area contributed by atoms with Gasteiger partial charge in [-0.25, -0.2) is 4.98 Å². The average Bonchev–Trinajstić information content (AvgIpc) is 2.82. The van der Waals surface area contributed by atoms with Crippen molar-refractivity contribution < 1.29 is 14.6 Å². The lowest BCUT2D eigenvalue weighted by Crippen LogP contribution is -2.28. The van der Waals surface area contributed by atoms with E-state index in [0.29, 0.717) is 38.5 Å². The van der Waals surface area contributed by atoms with Gasteiger partial charge in [0.15, 0.2) is 0 Å². The Morgan fingerprint density at radius 1 is 1.16 bits per heavy atom. The van der Waals surface area contributed by atoms with Crippen molar-refractivity contribution in [3.63, 3.8) is 0 Å². The van der Waals surface area contributed by atoms with Crippen LogP contribution in [0.25, 0.3) is 16.6 Å². The summed E-state index contributed by atoms with van der Waals surface area (Å²) in [7, 11) is 1.51. The number of nitrogens with one attached hydrogen (secondary N) is 1. The number of aromatic nitrogens is 2. The summed E-state index contributed by atoms with van der Waals surface area (Å²) >= 11 is 6.17. The zero-order valence-corrected chi connectivity index (χ0v) is 17.9. The van der Waals surface area contributed by atoms with Gasteiger partial charge in [0.2, 0.25) is 0 Å². The van der Waals surface area contributed by atoms with Crippen LogP contribution in [-0.2, 0) is 0 Å². The zero-order chi connectivity index (χ0) is 22.7. The Morgan fingerprint density at radius 2 is 1.94 bits per heavy atom. The highest BCUT2D eigenvalue weighted by Crippen LogP contribution is 2.26. The second-order valence-electron chi connectivity index (χ2n) is 7.11. The van der Waals surface area contributed by atoms with Gasteiger partial charge in [0, 0.05) is 12.1 Å². The molecule has 1 aromatic heterocycles. The molecule has 162 valence electrons. The van der Waals surface area contributed by atoms with Crippen molar-refractivity contribution in [2.75, 3.05) is 13.7 Å². The van der Waals surface area contributed by atoms with Crippen LogP contribution in [0.5, 0.6) is 5.75 Å². The van der Waals surface area contributed by atoms with Crippen LogP contribution in [0.2, 0.25) is 5.02 Å². The third kappa shape index (κ3) is 4.34. The predicted molar refractivity (Wildman–Crippen MR) is 123 cm³/mol. The molecule has 0 saturated carbocycles. The molecule has 0 spiro atoms. The number of amides is 1. The van der Waals surface area contributed by atoms with Crippen LogP contribution >= 0.6 is 11.6 Å². The van der Waals surface area contributed by atoms with E-state index in [-0.39, 0.29) is 18.0 Å². The molecule has 0 aliphatic carbocycles. The molecule has 0 radical (unpaired) electrons. The normalized spacial score (nSPS) is 11.8. The van der Waals surface area contributed by atoms with Crippen LogP contribution in [0.1, 0.15) is 22.0 Å². The lowest BCUT2D eigenvalue weighted by molar-refractivity contribution is 0.0916. The van der Waals surface area contributed by atoms with E-state index in [4.69, 9.17) is 16.3 Å². The molecule has 4 aromatic rings. The maximum absolute atomic E-state index is 13.0. The summed E-state index contributed by atoms with van der Waals surface area (Å²) in [5, 5.41) is 13.7. The average molecular weight is 450 g/mol. The van der Waals surface area contributed by atoms with Crippen LogP contribution in [0.15, 0.2) is 77.9 Å². The molecule has 0 aliphatic heterocycles. The Bertz CT molecular complexity index is 1340. The van der Waals surface area contributed by atoms with Gasteiger partial charge in [-0.2, -0.15) is 0 Å². The number of nitrogens with zero attached hydrogens (tertiary/aromatic N) is 2.